The molecule has 9 nitrogen and oxygen atoms in total. The third-order valence-electron chi connectivity index (χ3n) is 5.28. The van der Waals surface area contributed by atoms with Gasteiger partial charge in [0.1, 0.15) is 6.04 Å². The van der Waals surface area contributed by atoms with Crippen LogP contribution in [0.25, 0.3) is 0 Å². The van der Waals surface area contributed by atoms with Crippen LogP contribution in [0.15, 0.2) is 78.6 Å². The summed E-state index contributed by atoms with van der Waals surface area (Å²) in [7, 11) is 0. The third-order valence-corrected chi connectivity index (χ3v) is 5.28. The van der Waals surface area contributed by atoms with Crippen LogP contribution >= 0.6 is 0 Å². The molecule has 0 aliphatic carbocycles. The van der Waals surface area contributed by atoms with Crippen LogP contribution in [-0.2, 0) is 22.7 Å². The molecular formula is C26H33N5O4. The normalized spacial score (nSPS) is 11.1. The zero-order valence-corrected chi connectivity index (χ0v) is 20.1. The molecule has 2 aromatic rings. The van der Waals surface area contributed by atoms with E-state index in [0.717, 1.165) is 16.1 Å². The van der Waals surface area contributed by atoms with Gasteiger partial charge in [-0.3, -0.25) is 9.59 Å². The smallest absolute Gasteiger partial charge is 0.343 e. The van der Waals surface area contributed by atoms with E-state index in [2.05, 4.69) is 22.5 Å². The van der Waals surface area contributed by atoms with E-state index in [1.165, 1.54) is 13.0 Å². The molecule has 0 heterocycles. The Labute approximate surface area is 206 Å². The molecule has 0 aliphatic rings. The highest BCUT2D eigenvalue weighted by Crippen LogP contribution is 2.12. The zero-order chi connectivity index (χ0) is 25.5. The van der Waals surface area contributed by atoms with Crippen LogP contribution < -0.4 is 10.6 Å². The molecule has 9 heteroatoms. The lowest BCUT2D eigenvalue weighted by atomic mass is 10.1. The van der Waals surface area contributed by atoms with Gasteiger partial charge in [-0.05, 0) is 30.4 Å². The molecule has 186 valence electrons. The zero-order valence-electron chi connectivity index (χ0n) is 20.1. The van der Waals surface area contributed by atoms with Crippen molar-refractivity contribution in [3.63, 3.8) is 0 Å². The molecular weight excluding hydrogens is 446 g/mol. The summed E-state index contributed by atoms with van der Waals surface area (Å²) in [5.74, 6) is -0.550. The fraction of sp³-hybridized carbons (Fsp3) is 0.346. The Bertz CT molecular complexity index is 968. The molecule has 0 aromatic heterocycles. The molecule has 0 fully saturated rings. The summed E-state index contributed by atoms with van der Waals surface area (Å²) in [6.45, 7) is 5.99. The van der Waals surface area contributed by atoms with Gasteiger partial charge in [0.05, 0.1) is 11.8 Å². The highest BCUT2D eigenvalue weighted by atomic mass is 16.3. The van der Waals surface area contributed by atoms with Crippen LogP contribution in [0, 0.1) is 4.91 Å². The maximum absolute atomic E-state index is 12.9. The van der Waals surface area contributed by atoms with Crippen molar-refractivity contribution in [3.8, 4) is 0 Å². The Morgan fingerprint density at radius 1 is 1.00 bits per heavy atom. The summed E-state index contributed by atoms with van der Waals surface area (Å²) in [6, 6.07) is 17.8. The monoisotopic (exact) mass is 479 g/mol. The van der Waals surface area contributed by atoms with Crippen molar-refractivity contribution < 1.29 is 14.4 Å². The number of hydrogen-bond acceptors (Lipinski definition) is 5. The predicted molar refractivity (Wildman–Crippen MR) is 135 cm³/mol. The van der Waals surface area contributed by atoms with E-state index in [9.17, 15) is 19.3 Å². The highest BCUT2D eigenvalue weighted by molar-refractivity contribution is 5.86. The van der Waals surface area contributed by atoms with Crippen LogP contribution in [-0.4, -0.2) is 46.9 Å². The number of hydrogen-bond donors (Lipinski definition) is 2. The fourth-order valence-electron chi connectivity index (χ4n) is 3.55. The Morgan fingerprint density at radius 3 is 2.20 bits per heavy atom. The van der Waals surface area contributed by atoms with E-state index < -0.39 is 12.1 Å². The highest BCUT2D eigenvalue weighted by Gasteiger charge is 2.22. The first-order valence-electron chi connectivity index (χ1n) is 11.6. The molecule has 0 radical (unpaired) electrons. The molecule has 4 amide bonds. The molecule has 2 N–H and O–H groups in total. The van der Waals surface area contributed by atoms with Gasteiger partial charge in [-0.25, -0.2) is 4.79 Å². The van der Waals surface area contributed by atoms with Crippen LogP contribution in [0.5, 0.6) is 0 Å². The van der Waals surface area contributed by atoms with E-state index in [0.29, 0.717) is 38.9 Å². The molecule has 0 unspecified atom stereocenters. The second-order valence-corrected chi connectivity index (χ2v) is 8.09. The van der Waals surface area contributed by atoms with E-state index in [-0.39, 0.29) is 18.4 Å². The summed E-state index contributed by atoms with van der Waals surface area (Å²) in [5.41, 5.74) is 1.88. The number of amides is 4. The number of carbonyl (C=O) groups excluding carboxylic acids is 3. The topological polar surface area (TPSA) is 111 Å². The summed E-state index contributed by atoms with van der Waals surface area (Å²) < 4.78 is 0. The second-order valence-electron chi connectivity index (χ2n) is 8.09. The van der Waals surface area contributed by atoms with Gasteiger partial charge in [-0.15, -0.1) is 11.5 Å². The van der Waals surface area contributed by atoms with E-state index >= 15 is 0 Å². The molecule has 35 heavy (non-hydrogen) atoms. The van der Waals surface area contributed by atoms with Crippen molar-refractivity contribution >= 4 is 17.8 Å². The molecule has 0 aliphatic heterocycles. The van der Waals surface area contributed by atoms with E-state index in [1.54, 1.807) is 4.90 Å². The standard InChI is InChI=1S/C26H33N5O4/c1-3-17-31(29-35)26(34)30(20-23-14-8-5-9-15-23)18-11-10-16-24(28-21(2)32)25(33)27-19-22-12-6-4-7-13-22/h3-9,12-15,24H,1,10-11,16-20H2,2H3,(H,27,33)(H,28,32)/t24-/m0/s1. The molecule has 0 spiro atoms. The van der Waals surface area contributed by atoms with Crippen molar-refractivity contribution in [1.29, 1.82) is 0 Å². The van der Waals surface area contributed by atoms with Crippen molar-refractivity contribution in [3.05, 3.63) is 89.4 Å². The summed E-state index contributed by atoms with van der Waals surface area (Å²) in [6.07, 6.45) is 3.00. The lowest BCUT2D eigenvalue weighted by Crippen LogP contribution is -2.46. The molecule has 2 rings (SSSR count). The summed E-state index contributed by atoms with van der Waals surface area (Å²) >= 11 is 0. The molecule has 0 saturated heterocycles. The second kappa shape index (κ2) is 15.0. The average Bonchev–Trinajstić information content (AvgIpc) is 2.87. The van der Waals surface area contributed by atoms with Gasteiger partial charge in [0.15, 0.2) is 0 Å². The first-order chi connectivity index (χ1) is 16.9. The average molecular weight is 480 g/mol. The van der Waals surface area contributed by atoms with Crippen LogP contribution in [0.4, 0.5) is 4.79 Å². The van der Waals surface area contributed by atoms with Crippen LogP contribution in [0.3, 0.4) is 0 Å². The Balaban J connectivity index is 1.95. The molecule has 2 aromatic carbocycles. The predicted octanol–water partition coefficient (Wildman–Crippen LogP) is 3.77. The van der Waals surface area contributed by atoms with Gasteiger partial charge in [0.2, 0.25) is 11.8 Å². The first-order valence-corrected chi connectivity index (χ1v) is 11.6. The molecule has 0 saturated carbocycles. The van der Waals surface area contributed by atoms with E-state index in [1.807, 2.05) is 60.7 Å². The minimum Gasteiger partial charge on any atom is -0.350 e. The van der Waals surface area contributed by atoms with Crippen molar-refractivity contribution in [1.82, 2.24) is 20.5 Å². The number of unbranched alkanes of at least 4 members (excludes halogenated alkanes) is 1. The number of nitrogens with zero attached hydrogens (tertiary/aromatic N) is 3. The third kappa shape index (κ3) is 9.79. The van der Waals surface area contributed by atoms with Gasteiger partial charge >= 0.3 is 6.03 Å². The molecule has 0 bridgehead atoms. The van der Waals surface area contributed by atoms with Crippen LogP contribution in [0.2, 0.25) is 0 Å². The fourth-order valence-corrected chi connectivity index (χ4v) is 3.55. The number of urea groups is 1. The summed E-state index contributed by atoms with van der Waals surface area (Å²) in [4.78, 5) is 49.9. The number of carbonyl (C=O) groups is 3. The minimum absolute atomic E-state index is 0.0137. The maximum atomic E-state index is 12.9. The number of nitrogens with one attached hydrogen (secondary N) is 2. The maximum Gasteiger partial charge on any atom is 0.343 e. The lowest BCUT2D eigenvalue weighted by molar-refractivity contribution is -0.128. The quantitative estimate of drug-likeness (QED) is 0.186. The first kappa shape index (κ1) is 27.2. The summed E-state index contributed by atoms with van der Waals surface area (Å²) in [5, 5.41) is 9.21. The van der Waals surface area contributed by atoms with Gasteiger partial charge in [0, 0.05) is 26.6 Å². The number of benzene rings is 2. The van der Waals surface area contributed by atoms with E-state index in [4.69, 9.17) is 0 Å². The van der Waals surface area contributed by atoms with Crippen molar-refractivity contribution in [2.24, 2.45) is 5.29 Å². The minimum atomic E-state index is -0.677. The van der Waals surface area contributed by atoms with Gasteiger partial charge < -0.3 is 15.5 Å². The SMILES string of the molecule is C=CCN(N=O)C(=O)N(CCCC[C@H](NC(C)=O)C(=O)NCc1ccccc1)Cc1ccccc1. The van der Waals surface area contributed by atoms with Crippen molar-refractivity contribution in [2.75, 3.05) is 13.1 Å². The van der Waals surface area contributed by atoms with Crippen molar-refractivity contribution in [2.45, 2.75) is 45.3 Å². The largest absolute Gasteiger partial charge is 0.350 e. The van der Waals surface area contributed by atoms with Gasteiger partial charge in [0.25, 0.3) is 0 Å². The Morgan fingerprint density at radius 2 is 1.63 bits per heavy atom. The number of rotatable bonds is 14. The Hall–Kier alpha value is -4.01. The lowest BCUT2D eigenvalue weighted by Gasteiger charge is -2.26. The Kier molecular flexibility index (Phi) is 11.7. The van der Waals surface area contributed by atoms with Gasteiger partial charge in [-0.1, -0.05) is 66.7 Å². The number of nitroso groups, excluding NO2 is 1. The molecule has 1 atom stereocenters. The van der Waals surface area contributed by atoms with Gasteiger partial charge in [-0.2, -0.15) is 5.01 Å². The van der Waals surface area contributed by atoms with Crippen LogP contribution in [0.1, 0.15) is 37.3 Å².